The van der Waals surface area contributed by atoms with Crippen molar-refractivity contribution in [1.82, 2.24) is 0 Å². The van der Waals surface area contributed by atoms with E-state index in [1.165, 1.54) is 0 Å². The largest absolute Gasteiger partial charge is 0.652 e. The van der Waals surface area contributed by atoms with Gasteiger partial charge in [-0.1, -0.05) is 36.4 Å². The molecule has 0 unspecified atom stereocenters. The lowest BCUT2D eigenvalue weighted by Crippen LogP contribution is -2.37. The van der Waals surface area contributed by atoms with Crippen molar-refractivity contribution in [2.24, 2.45) is 0 Å². The smallest absolute Gasteiger partial charge is 0.118 e. The lowest BCUT2D eigenvalue weighted by Gasteiger charge is -2.21. The number of rotatable bonds is 4. The molecule has 0 aliphatic rings. The number of nitrogens with zero attached hydrogens (tertiary/aromatic N) is 2. The van der Waals surface area contributed by atoms with Gasteiger partial charge in [0.1, 0.15) is 24.6 Å². The van der Waals surface area contributed by atoms with E-state index in [1.54, 1.807) is 12.1 Å². The number of para-hydroxylation sites is 2. The third-order valence-corrected chi connectivity index (χ3v) is 3.77. The van der Waals surface area contributed by atoms with Crippen molar-refractivity contribution < 1.29 is 44.4 Å². The lowest BCUT2D eigenvalue weighted by molar-refractivity contribution is -0.870. The molecular formula is C25H44N2O7. The Labute approximate surface area is 204 Å². The summed E-state index contributed by atoms with van der Waals surface area (Å²) in [6.07, 6.45) is -2.33. The number of hydrogen-bond acceptors (Lipinski definition) is 7. The Morgan fingerprint density at radius 1 is 0.676 bits per heavy atom. The first-order chi connectivity index (χ1) is 15.5. The van der Waals surface area contributed by atoms with E-state index in [4.69, 9.17) is 35.4 Å². The first kappa shape index (κ1) is 35.7. The summed E-state index contributed by atoms with van der Waals surface area (Å²) < 4.78 is 1.69. The molecule has 0 saturated carbocycles. The second kappa shape index (κ2) is 19.6. The summed E-state index contributed by atoms with van der Waals surface area (Å²) in [6, 6.07) is 14.5. The number of carbonyl (C=O) groups excluding carboxylic acids is 1. The summed E-state index contributed by atoms with van der Waals surface area (Å²) in [5.74, 6) is 0.736. The fraction of sp³-hybridized carbons (Fsp3) is 0.480. The van der Waals surface area contributed by atoms with Crippen LogP contribution in [0.5, 0.6) is 11.5 Å². The van der Waals surface area contributed by atoms with Crippen molar-refractivity contribution in [2.75, 3.05) is 68.6 Å². The number of aliphatic hydroxyl groups excluding tert-OH is 2. The van der Waals surface area contributed by atoms with Crippen molar-refractivity contribution >= 4 is 6.16 Å². The molecule has 0 saturated heterocycles. The second-order valence-corrected chi connectivity index (χ2v) is 9.30. The highest BCUT2D eigenvalue weighted by molar-refractivity contribution is 5.47. The summed E-state index contributed by atoms with van der Waals surface area (Å²) in [5.41, 5.74) is 1.85. The molecule has 0 amide bonds. The quantitative estimate of drug-likeness (QED) is 0.458. The number of phenols is 2. The van der Waals surface area contributed by atoms with Crippen LogP contribution >= 0.6 is 0 Å². The molecule has 0 heterocycles. The second-order valence-electron chi connectivity index (χ2n) is 9.30. The normalized spacial score (nSPS) is 9.94. The molecule has 4 N–H and O–H groups in total. The van der Waals surface area contributed by atoms with Gasteiger partial charge in [0, 0.05) is 0 Å². The van der Waals surface area contributed by atoms with Crippen LogP contribution in [-0.2, 0) is 0 Å². The molecule has 196 valence electrons. The van der Waals surface area contributed by atoms with E-state index < -0.39 is 6.16 Å². The maximum Gasteiger partial charge on any atom is 0.118 e. The number of hydrogen-bond donors (Lipinski definition) is 4. The molecule has 0 radical (unpaired) electrons. The number of likely N-dealkylation sites (N-methyl/N-ethyl adjacent to an activating group) is 2. The summed E-state index contributed by atoms with van der Waals surface area (Å²) in [4.78, 5) is 8.33. The number of aliphatic hydroxyl groups is 2. The van der Waals surface area contributed by atoms with Crippen LogP contribution in [-0.4, -0.2) is 104 Å². The zero-order chi connectivity index (χ0) is 27.4. The molecule has 0 bridgehead atoms. The molecule has 0 fully saturated rings. The molecule has 0 aromatic heterocycles. The third-order valence-electron chi connectivity index (χ3n) is 3.77. The highest BCUT2D eigenvalue weighted by Crippen LogP contribution is 2.12. The van der Waals surface area contributed by atoms with Gasteiger partial charge in [0.05, 0.1) is 55.5 Å². The van der Waals surface area contributed by atoms with Crippen LogP contribution < -0.4 is 10.2 Å². The summed E-state index contributed by atoms with van der Waals surface area (Å²) in [6.45, 7) is 5.97. The maximum atomic E-state index is 8.92. The predicted molar refractivity (Wildman–Crippen MR) is 131 cm³/mol. The van der Waals surface area contributed by atoms with Gasteiger partial charge in [0.2, 0.25) is 0 Å². The molecule has 9 heteroatoms. The number of aryl methyl sites for hydroxylation is 2. The maximum absolute atomic E-state index is 8.92. The van der Waals surface area contributed by atoms with Crippen molar-refractivity contribution in [1.29, 1.82) is 0 Å². The minimum Gasteiger partial charge on any atom is -0.652 e. The minimum atomic E-state index is -2.33. The minimum absolute atomic E-state index is 0.281. The van der Waals surface area contributed by atoms with Crippen molar-refractivity contribution in [3.8, 4) is 11.5 Å². The van der Waals surface area contributed by atoms with Crippen LogP contribution in [0, 0.1) is 13.8 Å². The van der Waals surface area contributed by atoms with E-state index in [0.717, 1.165) is 33.2 Å². The monoisotopic (exact) mass is 484 g/mol. The predicted octanol–water partition coefficient (Wildman–Crippen LogP) is 0.324. The summed E-state index contributed by atoms with van der Waals surface area (Å²) in [7, 11) is 12.3. The number of aromatic hydroxyl groups is 2. The van der Waals surface area contributed by atoms with Gasteiger partial charge < -0.3 is 44.4 Å². The van der Waals surface area contributed by atoms with Crippen molar-refractivity contribution in [2.45, 2.75) is 13.8 Å². The Kier molecular flexibility index (Phi) is 20.6. The van der Waals surface area contributed by atoms with Crippen molar-refractivity contribution in [3.05, 3.63) is 59.7 Å². The number of carboxylic acid groups (broad SMARTS) is 2. The summed E-state index contributed by atoms with van der Waals surface area (Å²) in [5, 5.41) is 51.3. The van der Waals surface area contributed by atoms with Gasteiger partial charge in [-0.05, 0) is 43.3 Å². The fourth-order valence-corrected chi connectivity index (χ4v) is 1.73. The van der Waals surface area contributed by atoms with E-state index in [2.05, 4.69) is 42.3 Å². The van der Waals surface area contributed by atoms with Crippen molar-refractivity contribution in [3.63, 3.8) is 0 Å². The van der Waals surface area contributed by atoms with Gasteiger partial charge in [-0.3, -0.25) is 0 Å². The number of carbonyl (C=O) groups is 1. The SMILES string of the molecule is C[N+](C)(C)CCO.C[N+](C)(C)CCO.Cc1ccccc1O.Cc1ccccc1O.O=C([O-])[O-]. The van der Waals surface area contributed by atoms with E-state index in [1.807, 2.05) is 50.2 Å². The average Bonchev–Trinajstić information content (AvgIpc) is 2.66. The summed E-state index contributed by atoms with van der Waals surface area (Å²) >= 11 is 0. The molecule has 0 aliphatic carbocycles. The standard InChI is InChI=1S/2C7H8O.2C5H14NO.CH2O3/c2*1-6-4-2-3-5-7(6)8;2*1-6(2,3)4-5-7;2-1(3)4/h2*2-5,8H,1H3;2*7H,4-5H2,1-3H3;(H2,2,3,4)/q;;2*+1;/p-2. The third kappa shape index (κ3) is 31.3. The Bertz CT molecular complexity index is 665. The Morgan fingerprint density at radius 2 is 0.912 bits per heavy atom. The molecular weight excluding hydrogens is 440 g/mol. The van der Waals surface area contributed by atoms with Crippen LogP contribution in [0.3, 0.4) is 0 Å². The van der Waals surface area contributed by atoms with Crippen LogP contribution in [0.15, 0.2) is 48.5 Å². The van der Waals surface area contributed by atoms with Gasteiger partial charge in [0.25, 0.3) is 0 Å². The first-order valence-electron chi connectivity index (χ1n) is 10.7. The van der Waals surface area contributed by atoms with Gasteiger partial charge >= 0.3 is 0 Å². The van der Waals surface area contributed by atoms with E-state index in [9.17, 15) is 0 Å². The fourth-order valence-electron chi connectivity index (χ4n) is 1.73. The Balaban J connectivity index is -0.000000360. The molecule has 2 aromatic carbocycles. The first-order valence-corrected chi connectivity index (χ1v) is 10.7. The van der Waals surface area contributed by atoms with Crippen LogP contribution in [0.1, 0.15) is 11.1 Å². The Hall–Kier alpha value is -2.85. The zero-order valence-electron chi connectivity index (χ0n) is 21.9. The molecule has 0 spiro atoms. The van der Waals surface area contributed by atoms with Gasteiger partial charge in [-0.25, -0.2) is 0 Å². The molecule has 9 nitrogen and oxygen atoms in total. The molecule has 0 aliphatic heterocycles. The number of quaternary nitrogens is 2. The van der Waals surface area contributed by atoms with E-state index in [-0.39, 0.29) is 13.2 Å². The van der Waals surface area contributed by atoms with Crippen LogP contribution in [0.4, 0.5) is 4.79 Å². The number of benzene rings is 2. The number of phenolic OH excluding ortho intramolecular Hbond substituents is 2. The van der Waals surface area contributed by atoms with Crippen LogP contribution in [0.25, 0.3) is 0 Å². The van der Waals surface area contributed by atoms with Gasteiger partial charge in [-0.2, -0.15) is 0 Å². The molecule has 0 atom stereocenters. The average molecular weight is 485 g/mol. The molecule has 2 rings (SSSR count). The van der Waals surface area contributed by atoms with E-state index in [0.29, 0.717) is 11.5 Å². The molecule has 34 heavy (non-hydrogen) atoms. The van der Waals surface area contributed by atoms with Crippen LogP contribution in [0.2, 0.25) is 0 Å². The van der Waals surface area contributed by atoms with Gasteiger partial charge in [0.15, 0.2) is 0 Å². The molecule has 2 aromatic rings. The highest BCUT2D eigenvalue weighted by Gasteiger charge is 2.02. The van der Waals surface area contributed by atoms with Gasteiger partial charge in [-0.15, -0.1) is 0 Å². The lowest BCUT2D eigenvalue weighted by atomic mass is 10.2. The Morgan fingerprint density at radius 3 is 1.00 bits per heavy atom. The van der Waals surface area contributed by atoms with E-state index >= 15 is 0 Å². The zero-order valence-corrected chi connectivity index (χ0v) is 21.9. The highest BCUT2D eigenvalue weighted by atomic mass is 16.6. The topological polar surface area (TPSA) is 144 Å².